The van der Waals surface area contributed by atoms with E-state index in [4.69, 9.17) is 0 Å². The molecule has 5 nitrogen and oxygen atoms in total. The van der Waals surface area contributed by atoms with Gasteiger partial charge in [0.15, 0.2) is 0 Å². The lowest BCUT2D eigenvalue weighted by molar-refractivity contribution is 0.0628. The van der Waals surface area contributed by atoms with E-state index in [0.717, 1.165) is 49.2 Å². The molecule has 3 heterocycles. The van der Waals surface area contributed by atoms with Gasteiger partial charge in [-0.25, -0.2) is 0 Å². The predicted molar refractivity (Wildman–Crippen MR) is 98.5 cm³/mol. The van der Waals surface area contributed by atoms with Gasteiger partial charge in [-0.15, -0.1) is 0 Å². The number of aromatic amines is 1. The number of amides is 1. The molecule has 0 spiro atoms. The lowest BCUT2D eigenvalue weighted by Crippen LogP contribution is -2.48. The zero-order valence-electron chi connectivity index (χ0n) is 14.4. The highest BCUT2D eigenvalue weighted by atomic mass is 16.2. The minimum absolute atomic E-state index is 0.131. The molecule has 4 rings (SSSR count). The van der Waals surface area contributed by atoms with E-state index in [1.54, 1.807) is 0 Å². The van der Waals surface area contributed by atoms with Crippen molar-refractivity contribution in [3.63, 3.8) is 0 Å². The second-order valence-electron chi connectivity index (χ2n) is 6.66. The minimum atomic E-state index is 0.131. The quantitative estimate of drug-likeness (QED) is 0.801. The summed E-state index contributed by atoms with van der Waals surface area (Å²) < 4.78 is 0. The molecule has 1 aromatic carbocycles. The van der Waals surface area contributed by atoms with Crippen molar-refractivity contribution < 1.29 is 4.79 Å². The molecule has 0 bridgehead atoms. The first-order valence-corrected chi connectivity index (χ1v) is 8.69. The van der Waals surface area contributed by atoms with Crippen LogP contribution in [0.5, 0.6) is 0 Å². The smallest absolute Gasteiger partial charge is 0.253 e. The summed E-state index contributed by atoms with van der Waals surface area (Å²) in [5, 5.41) is 1.13. The number of hydrogen-bond acceptors (Lipinski definition) is 3. The fraction of sp³-hybridized carbons (Fsp3) is 0.300. The summed E-state index contributed by atoms with van der Waals surface area (Å²) >= 11 is 0. The molecule has 128 valence electrons. The third-order valence-electron chi connectivity index (χ3n) is 4.95. The van der Waals surface area contributed by atoms with Crippen molar-refractivity contribution in [2.45, 2.75) is 13.5 Å². The molecule has 1 N–H and O–H groups in total. The van der Waals surface area contributed by atoms with Crippen LogP contribution in [0.1, 0.15) is 21.5 Å². The number of rotatable bonds is 3. The van der Waals surface area contributed by atoms with Gasteiger partial charge in [0.1, 0.15) is 0 Å². The fourth-order valence-electron chi connectivity index (χ4n) is 3.43. The molecule has 3 aromatic rings. The van der Waals surface area contributed by atoms with Crippen LogP contribution in [0.3, 0.4) is 0 Å². The molecular weight excluding hydrogens is 312 g/mol. The standard InChI is InChI=1S/C20H22N4O/c1-15-13-22-19-3-2-17(12-18(15)19)20(25)24-10-8-23(9-11-24)14-16-4-6-21-7-5-16/h2-7,12-13,22H,8-11,14H2,1H3. The summed E-state index contributed by atoms with van der Waals surface area (Å²) in [5.41, 5.74) is 4.30. The first-order chi connectivity index (χ1) is 12.2. The minimum Gasteiger partial charge on any atom is -0.361 e. The van der Waals surface area contributed by atoms with Gasteiger partial charge in [0.2, 0.25) is 0 Å². The highest BCUT2D eigenvalue weighted by Crippen LogP contribution is 2.20. The Morgan fingerprint density at radius 1 is 1.12 bits per heavy atom. The second kappa shape index (κ2) is 6.69. The van der Waals surface area contributed by atoms with Crippen LogP contribution < -0.4 is 0 Å². The Hall–Kier alpha value is -2.66. The molecule has 1 aliphatic rings. The van der Waals surface area contributed by atoms with E-state index in [-0.39, 0.29) is 5.91 Å². The van der Waals surface area contributed by atoms with Crippen LogP contribution >= 0.6 is 0 Å². The molecule has 1 fully saturated rings. The van der Waals surface area contributed by atoms with Gasteiger partial charge in [0.05, 0.1) is 0 Å². The molecule has 1 saturated heterocycles. The van der Waals surface area contributed by atoms with Crippen LogP contribution in [0, 0.1) is 6.92 Å². The van der Waals surface area contributed by atoms with E-state index in [2.05, 4.69) is 21.8 Å². The van der Waals surface area contributed by atoms with Crippen molar-refractivity contribution in [2.24, 2.45) is 0 Å². The van der Waals surface area contributed by atoms with Gasteiger partial charge < -0.3 is 9.88 Å². The van der Waals surface area contributed by atoms with Gasteiger partial charge in [-0.1, -0.05) is 0 Å². The SMILES string of the molecule is Cc1c[nH]c2ccc(C(=O)N3CCN(Cc4ccncc4)CC3)cc12. The van der Waals surface area contributed by atoms with Crippen molar-refractivity contribution in [1.29, 1.82) is 0 Å². The van der Waals surface area contributed by atoms with Crippen LogP contribution in [-0.4, -0.2) is 51.9 Å². The number of aromatic nitrogens is 2. The van der Waals surface area contributed by atoms with Crippen molar-refractivity contribution >= 4 is 16.8 Å². The lowest BCUT2D eigenvalue weighted by atomic mass is 10.1. The molecule has 1 aliphatic heterocycles. The molecule has 5 heteroatoms. The first kappa shape index (κ1) is 15.8. The van der Waals surface area contributed by atoms with E-state index in [9.17, 15) is 4.79 Å². The van der Waals surface area contributed by atoms with Crippen LogP contribution in [0.25, 0.3) is 10.9 Å². The predicted octanol–water partition coefficient (Wildman–Crippen LogP) is 2.83. The highest BCUT2D eigenvalue weighted by molar-refractivity contribution is 5.98. The number of fused-ring (bicyclic) bond motifs is 1. The average Bonchev–Trinajstić information content (AvgIpc) is 3.03. The number of hydrogen-bond donors (Lipinski definition) is 1. The van der Waals surface area contributed by atoms with E-state index in [0.29, 0.717) is 0 Å². The first-order valence-electron chi connectivity index (χ1n) is 8.69. The third-order valence-corrected chi connectivity index (χ3v) is 4.95. The number of pyridine rings is 1. The Bertz CT molecular complexity index is 879. The maximum Gasteiger partial charge on any atom is 0.253 e. The van der Waals surface area contributed by atoms with E-state index in [1.807, 2.05) is 53.8 Å². The van der Waals surface area contributed by atoms with E-state index in [1.165, 1.54) is 11.1 Å². The number of piperazine rings is 1. The van der Waals surface area contributed by atoms with Crippen molar-refractivity contribution in [1.82, 2.24) is 19.8 Å². The fourth-order valence-corrected chi connectivity index (χ4v) is 3.43. The summed E-state index contributed by atoms with van der Waals surface area (Å²) in [7, 11) is 0. The molecule has 0 radical (unpaired) electrons. The molecule has 0 aliphatic carbocycles. The lowest BCUT2D eigenvalue weighted by Gasteiger charge is -2.34. The Kier molecular flexibility index (Phi) is 4.24. The average molecular weight is 334 g/mol. The Morgan fingerprint density at radius 2 is 1.88 bits per heavy atom. The Balaban J connectivity index is 1.41. The van der Waals surface area contributed by atoms with Crippen LogP contribution in [0.2, 0.25) is 0 Å². The van der Waals surface area contributed by atoms with E-state index < -0.39 is 0 Å². The van der Waals surface area contributed by atoms with Crippen molar-refractivity contribution in [3.05, 3.63) is 65.6 Å². The molecular formula is C20H22N4O. The third kappa shape index (κ3) is 3.28. The molecule has 0 atom stereocenters. The highest BCUT2D eigenvalue weighted by Gasteiger charge is 2.22. The van der Waals surface area contributed by atoms with Gasteiger partial charge in [-0.3, -0.25) is 14.7 Å². The van der Waals surface area contributed by atoms with Gasteiger partial charge >= 0.3 is 0 Å². The van der Waals surface area contributed by atoms with Crippen LogP contribution in [0.15, 0.2) is 48.9 Å². The number of H-pyrrole nitrogens is 1. The molecule has 1 amide bonds. The summed E-state index contributed by atoms with van der Waals surface area (Å²) in [6.45, 7) is 6.32. The summed E-state index contributed by atoms with van der Waals surface area (Å²) in [6, 6.07) is 10.0. The monoisotopic (exact) mass is 334 g/mol. The van der Waals surface area contributed by atoms with E-state index >= 15 is 0 Å². The van der Waals surface area contributed by atoms with Gasteiger partial charge in [-0.2, -0.15) is 0 Å². The van der Waals surface area contributed by atoms with Crippen LogP contribution in [0.4, 0.5) is 0 Å². The van der Waals surface area contributed by atoms with Gasteiger partial charge in [0.25, 0.3) is 5.91 Å². The Morgan fingerprint density at radius 3 is 2.64 bits per heavy atom. The number of carbonyl (C=O) groups excluding carboxylic acids is 1. The summed E-state index contributed by atoms with van der Waals surface area (Å²) in [5.74, 6) is 0.131. The van der Waals surface area contributed by atoms with Crippen molar-refractivity contribution in [3.8, 4) is 0 Å². The Labute approximate surface area is 147 Å². The normalized spacial score (nSPS) is 15.6. The molecule has 25 heavy (non-hydrogen) atoms. The maximum atomic E-state index is 12.8. The number of nitrogens with one attached hydrogen (secondary N) is 1. The molecule has 2 aromatic heterocycles. The zero-order chi connectivity index (χ0) is 17.2. The maximum absolute atomic E-state index is 12.8. The summed E-state index contributed by atoms with van der Waals surface area (Å²) in [6.07, 6.45) is 5.64. The number of carbonyl (C=O) groups is 1. The topological polar surface area (TPSA) is 52.2 Å². The molecule has 0 saturated carbocycles. The largest absolute Gasteiger partial charge is 0.361 e. The van der Waals surface area contributed by atoms with Gasteiger partial charge in [0, 0.05) is 67.8 Å². The zero-order valence-corrected chi connectivity index (χ0v) is 14.4. The number of nitrogens with zero attached hydrogens (tertiary/aromatic N) is 3. The number of aryl methyl sites for hydroxylation is 1. The molecule has 0 unspecified atom stereocenters. The summed E-state index contributed by atoms with van der Waals surface area (Å²) in [4.78, 5) is 24.5. The van der Waals surface area contributed by atoms with Crippen LogP contribution in [-0.2, 0) is 6.54 Å². The van der Waals surface area contributed by atoms with Crippen molar-refractivity contribution in [2.75, 3.05) is 26.2 Å². The number of benzene rings is 1. The second-order valence-corrected chi connectivity index (χ2v) is 6.66. The van der Waals surface area contributed by atoms with Gasteiger partial charge in [-0.05, 0) is 48.4 Å².